The highest BCUT2D eigenvalue weighted by molar-refractivity contribution is 5.37. The molecule has 0 unspecified atom stereocenters. The van der Waals surface area contributed by atoms with E-state index in [1.54, 1.807) is 0 Å². The Hall–Kier alpha value is -2.56. The van der Waals surface area contributed by atoms with Crippen LogP contribution < -0.4 is 20.9 Å². The van der Waals surface area contributed by atoms with E-state index in [-0.39, 0.29) is 36.6 Å². The van der Waals surface area contributed by atoms with Crippen LogP contribution in [0, 0.1) is 0 Å². The van der Waals surface area contributed by atoms with Crippen molar-refractivity contribution in [2.75, 3.05) is 37.9 Å². The first kappa shape index (κ1) is 12.9. The molecule has 0 aliphatic heterocycles. The lowest BCUT2D eigenvalue weighted by molar-refractivity contribution is 0.0724. The van der Waals surface area contributed by atoms with Gasteiger partial charge in [-0.15, -0.1) is 0 Å². The van der Waals surface area contributed by atoms with Gasteiger partial charge in [0.05, 0.1) is 13.2 Å². The van der Waals surface area contributed by atoms with Gasteiger partial charge in [0.15, 0.2) is 0 Å². The van der Waals surface area contributed by atoms with Crippen molar-refractivity contribution in [3.8, 4) is 11.8 Å². The molecule has 11 nitrogen and oxygen atoms in total. The van der Waals surface area contributed by atoms with Crippen LogP contribution in [0.25, 0.3) is 0 Å². The molecule has 0 saturated carbocycles. The highest BCUT2D eigenvalue weighted by Crippen LogP contribution is 2.14. The summed E-state index contributed by atoms with van der Waals surface area (Å²) in [6, 6.07) is 0. The molecule has 0 saturated heterocycles. The van der Waals surface area contributed by atoms with Crippen LogP contribution in [-0.4, -0.2) is 47.1 Å². The van der Waals surface area contributed by atoms with Gasteiger partial charge in [0.1, 0.15) is 13.2 Å². The highest BCUT2D eigenvalue weighted by Gasteiger charge is 2.07. The summed E-state index contributed by atoms with van der Waals surface area (Å²) in [5.41, 5.74) is 10.8. The Balaban J connectivity index is 1.51. The number of anilines is 2. The Bertz CT molecular complexity index is 455. The molecule has 2 rings (SSSR count). The molecule has 0 spiro atoms. The summed E-state index contributed by atoms with van der Waals surface area (Å²) < 4.78 is 24.2. The summed E-state index contributed by atoms with van der Waals surface area (Å²) in [7, 11) is 0. The van der Waals surface area contributed by atoms with Crippen LogP contribution in [0.1, 0.15) is 0 Å². The van der Waals surface area contributed by atoms with Gasteiger partial charge < -0.3 is 25.7 Å². The third kappa shape index (κ3) is 3.70. The van der Waals surface area contributed by atoms with Crippen molar-refractivity contribution < 1.29 is 23.5 Å². The molecule has 19 heavy (non-hydrogen) atoms. The molecule has 2 heterocycles. The SMILES string of the molecule is Nc1nonc1OCCOCCOc1nonc1N. The molecule has 0 aliphatic rings. The number of ether oxygens (including phenoxy) is 3. The summed E-state index contributed by atoms with van der Waals surface area (Å²) in [5, 5.41) is 13.6. The smallest absolute Gasteiger partial charge is 0.300 e. The normalized spacial score (nSPS) is 10.5. The van der Waals surface area contributed by atoms with Crippen molar-refractivity contribution in [1.29, 1.82) is 0 Å². The second-order valence-corrected chi connectivity index (χ2v) is 3.22. The van der Waals surface area contributed by atoms with Crippen LogP contribution in [0.2, 0.25) is 0 Å². The van der Waals surface area contributed by atoms with Gasteiger partial charge in [-0.1, -0.05) is 0 Å². The fourth-order valence-corrected chi connectivity index (χ4v) is 1.07. The Morgan fingerprint density at radius 2 is 1.21 bits per heavy atom. The van der Waals surface area contributed by atoms with E-state index in [9.17, 15) is 0 Å². The first-order chi connectivity index (χ1) is 9.27. The van der Waals surface area contributed by atoms with E-state index in [1.165, 1.54) is 0 Å². The molecule has 0 fully saturated rings. The van der Waals surface area contributed by atoms with E-state index in [1.807, 2.05) is 0 Å². The highest BCUT2D eigenvalue weighted by atomic mass is 16.6. The van der Waals surface area contributed by atoms with E-state index in [4.69, 9.17) is 25.7 Å². The Kier molecular flexibility index (Phi) is 4.34. The Morgan fingerprint density at radius 3 is 1.58 bits per heavy atom. The zero-order chi connectivity index (χ0) is 13.5. The van der Waals surface area contributed by atoms with E-state index < -0.39 is 0 Å². The quantitative estimate of drug-likeness (QED) is 0.573. The molecule has 0 amide bonds. The molecule has 2 aromatic heterocycles. The summed E-state index contributed by atoms with van der Waals surface area (Å²) in [6.45, 7) is 1.16. The first-order valence-electron chi connectivity index (χ1n) is 5.27. The maximum Gasteiger partial charge on any atom is 0.300 e. The molecule has 4 N–H and O–H groups in total. The summed E-state index contributed by atoms with van der Waals surface area (Å²) in [4.78, 5) is 0. The topological polar surface area (TPSA) is 158 Å². The predicted molar refractivity (Wildman–Crippen MR) is 59.2 cm³/mol. The summed E-state index contributed by atoms with van der Waals surface area (Å²) in [6.07, 6.45) is 0. The van der Waals surface area contributed by atoms with Crippen molar-refractivity contribution in [1.82, 2.24) is 20.6 Å². The average molecular weight is 272 g/mol. The number of nitrogens with zero attached hydrogens (tertiary/aromatic N) is 4. The number of rotatable bonds is 8. The van der Waals surface area contributed by atoms with E-state index in [0.717, 1.165) is 0 Å². The van der Waals surface area contributed by atoms with E-state index in [2.05, 4.69) is 29.9 Å². The molecule has 0 aromatic carbocycles. The predicted octanol–water partition coefficient (Wildman–Crippen LogP) is -0.909. The van der Waals surface area contributed by atoms with Crippen LogP contribution >= 0.6 is 0 Å². The fraction of sp³-hybridized carbons (Fsp3) is 0.500. The van der Waals surface area contributed by atoms with E-state index >= 15 is 0 Å². The van der Waals surface area contributed by atoms with Gasteiger partial charge in [0.2, 0.25) is 11.6 Å². The lowest BCUT2D eigenvalue weighted by atomic mass is 10.6. The molecule has 104 valence electrons. The van der Waals surface area contributed by atoms with Crippen LogP contribution in [-0.2, 0) is 4.74 Å². The maximum absolute atomic E-state index is 5.38. The molecule has 0 atom stereocenters. The van der Waals surface area contributed by atoms with Crippen LogP contribution in [0.4, 0.5) is 11.6 Å². The minimum absolute atomic E-state index is 0.0948. The Morgan fingerprint density at radius 1 is 0.737 bits per heavy atom. The molecular weight excluding hydrogens is 260 g/mol. The lowest BCUT2D eigenvalue weighted by Gasteiger charge is -2.05. The molecular formula is C8H12N6O5. The molecule has 0 radical (unpaired) electrons. The van der Waals surface area contributed by atoms with Gasteiger partial charge in [-0.2, -0.15) is 0 Å². The minimum atomic E-state index is 0.0948. The second-order valence-electron chi connectivity index (χ2n) is 3.22. The number of hydrogen-bond acceptors (Lipinski definition) is 11. The van der Waals surface area contributed by atoms with Crippen LogP contribution in [0.15, 0.2) is 9.26 Å². The number of hydrogen-bond donors (Lipinski definition) is 2. The second kappa shape index (κ2) is 6.39. The van der Waals surface area contributed by atoms with Crippen LogP contribution in [0.5, 0.6) is 11.8 Å². The summed E-state index contributed by atoms with van der Waals surface area (Å²) >= 11 is 0. The van der Waals surface area contributed by atoms with Crippen molar-refractivity contribution in [2.45, 2.75) is 0 Å². The third-order valence-corrected chi connectivity index (χ3v) is 1.90. The fourth-order valence-electron chi connectivity index (χ4n) is 1.07. The standard InChI is InChI=1S/C8H12N6O5/c9-5-7(13-18-11-5)16-3-1-15-2-4-17-8-6(10)12-19-14-8/h1-4H2,(H2,9,11)(H2,10,12). The molecule has 0 bridgehead atoms. The van der Waals surface area contributed by atoms with Gasteiger partial charge >= 0.3 is 0 Å². The van der Waals surface area contributed by atoms with Gasteiger partial charge in [0.25, 0.3) is 11.8 Å². The van der Waals surface area contributed by atoms with Crippen molar-refractivity contribution in [2.24, 2.45) is 0 Å². The lowest BCUT2D eigenvalue weighted by Crippen LogP contribution is -2.13. The van der Waals surface area contributed by atoms with Gasteiger partial charge in [-0.05, 0) is 20.6 Å². The minimum Gasteiger partial charge on any atom is -0.470 e. The molecule has 0 aliphatic carbocycles. The zero-order valence-corrected chi connectivity index (χ0v) is 9.81. The number of nitrogen functional groups attached to an aromatic ring is 2. The maximum atomic E-state index is 5.38. The summed E-state index contributed by atoms with van der Waals surface area (Å²) in [5.74, 6) is 0.470. The number of nitrogens with two attached hydrogens (primary N) is 2. The average Bonchev–Trinajstić information content (AvgIpc) is 2.98. The monoisotopic (exact) mass is 272 g/mol. The molecule has 11 heteroatoms. The van der Waals surface area contributed by atoms with Gasteiger partial charge in [-0.25, -0.2) is 9.26 Å². The zero-order valence-electron chi connectivity index (χ0n) is 9.81. The third-order valence-electron chi connectivity index (χ3n) is 1.90. The Labute approximate surface area is 106 Å². The van der Waals surface area contributed by atoms with Crippen molar-refractivity contribution >= 4 is 11.6 Å². The van der Waals surface area contributed by atoms with Crippen molar-refractivity contribution in [3.63, 3.8) is 0 Å². The molecule has 2 aromatic rings. The van der Waals surface area contributed by atoms with Crippen molar-refractivity contribution in [3.05, 3.63) is 0 Å². The first-order valence-corrected chi connectivity index (χ1v) is 5.27. The number of aromatic nitrogens is 4. The van der Waals surface area contributed by atoms with Gasteiger partial charge in [0, 0.05) is 0 Å². The largest absolute Gasteiger partial charge is 0.470 e. The van der Waals surface area contributed by atoms with Gasteiger partial charge in [-0.3, -0.25) is 0 Å². The van der Waals surface area contributed by atoms with Crippen LogP contribution in [0.3, 0.4) is 0 Å². The van der Waals surface area contributed by atoms with E-state index in [0.29, 0.717) is 13.2 Å².